The van der Waals surface area contributed by atoms with Gasteiger partial charge < -0.3 is 19.9 Å². The van der Waals surface area contributed by atoms with Crippen molar-refractivity contribution in [2.24, 2.45) is 0 Å². The van der Waals surface area contributed by atoms with Gasteiger partial charge in [-0.05, 0) is 13.1 Å². The zero-order chi connectivity index (χ0) is 10.8. The minimum Gasteiger partial charge on any atom is -0.507 e. The molecule has 0 amide bonds. The zero-order valence-electron chi connectivity index (χ0n) is 8.24. The Bertz CT molecular complexity index is 403. The van der Waals surface area contributed by atoms with Crippen LogP contribution in [0.25, 0.3) is 0 Å². The Hall–Kier alpha value is -1.75. The van der Waals surface area contributed by atoms with Crippen molar-refractivity contribution >= 4 is 5.78 Å². The topological polar surface area (TPSA) is 67.8 Å². The van der Waals surface area contributed by atoms with Crippen LogP contribution in [0.3, 0.4) is 0 Å². The molecule has 0 atom stereocenters. The van der Waals surface area contributed by atoms with Crippen molar-refractivity contribution < 1.29 is 19.4 Å². The second kappa shape index (κ2) is 3.78. The van der Waals surface area contributed by atoms with Gasteiger partial charge in [0.1, 0.15) is 5.75 Å². The zero-order valence-corrected chi connectivity index (χ0v) is 8.24. The molecule has 0 unspecified atom stereocenters. The van der Waals surface area contributed by atoms with E-state index >= 15 is 0 Å². The van der Waals surface area contributed by atoms with Crippen LogP contribution in [0.2, 0.25) is 0 Å². The summed E-state index contributed by atoms with van der Waals surface area (Å²) in [5.41, 5.74) is 0.244. The van der Waals surface area contributed by atoms with Crippen LogP contribution in [0.15, 0.2) is 12.1 Å². The number of ether oxygens (including phenoxy) is 2. The molecule has 5 nitrogen and oxygen atoms in total. The Morgan fingerprint density at radius 1 is 1.47 bits per heavy atom. The molecule has 1 aliphatic rings. The highest BCUT2D eigenvalue weighted by atomic mass is 16.7. The van der Waals surface area contributed by atoms with Gasteiger partial charge in [-0.2, -0.15) is 0 Å². The summed E-state index contributed by atoms with van der Waals surface area (Å²) >= 11 is 0. The fraction of sp³-hybridized carbons (Fsp3) is 0.300. The Morgan fingerprint density at radius 2 is 2.13 bits per heavy atom. The lowest BCUT2D eigenvalue weighted by molar-refractivity contribution is 0.0990. The second-order valence-electron chi connectivity index (χ2n) is 3.18. The number of hydrogen-bond acceptors (Lipinski definition) is 5. The molecule has 2 N–H and O–H groups in total. The van der Waals surface area contributed by atoms with Crippen molar-refractivity contribution in [1.29, 1.82) is 0 Å². The highest BCUT2D eigenvalue weighted by molar-refractivity contribution is 6.00. The molecule has 0 saturated heterocycles. The largest absolute Gasteiger partial charge is 0.507 e. The third kappa shape index (κ3) is 1.73. The van der Waals surface area contributed by atoms with Gasteiger partial charge in [-0.25, -0.2) is 0 Å². The number of carbonyl (C=O) groups excluding carboxylic acids is 1. The molecule has 80 valence electrons. The number of phenolic OH excluding ortho intramolecular Hbond substituents is 1. The van der Waals surface area contributed by atoms with Crippen molar-refractivity contribution in [3.63, 3.8) is 0 Å². The summed E-state index contributed by atoms with van der Waals surface area (Å²) in [6, 6.07) is 2.89. The van der Waals surface area contributed by atoms with Gasteiger partial charge in [0.05, 0.1) is 12.1 Å². The molecule has 15 heavy (non-hydrogen) atoms. The average molecular weight is 209 g/mol. The molecule has 1 aromatic rings. The number of fused-ring (bicyclic) bond motifs is 1. The van der Waals surface area contributed by atoms with Gasteiger partial charge in [-0.15, -0.1) is 0 Å². The number of Topliss-reactive ketones (excluding diaryl/α,β-unsaturated/α-hetero) is 1. The third-order valence-corrected chi connectivity index (χ3v) is 2.13. The Kier molecular flexibility index (Phi) is 2.47. The van der Waals surface area contributed by atoms with E-state index in [2.05, 4.69) is 5.32 Å². The smallest absolute Gasteiger partial charge is 0.231 e. The molecule has 0 bridgehead atoms. The first-order valence-corrected chi connectivity index (χ1v) is 4.53. The van der Waals surface area contributed by atoms with Crippen LogP contribution in [0.4, 0.5) is 0 Å². The van der Waals surface area contributed by atoms with E-state index in [0.29, 0.717) is 11.5 Å². The van der Waals surface area contributed by atoms with Gasteiger partial charge in [0.2, 0.25) is 6.79 Å². The number of rotatable bonds is 3. The molecule has 0 saturated carbocycles. The molecule has 0 aliphatic carbocycles. The number of hydrogen-bond donors (Lipinski definition) is 2. The SMILES string of the molecule is CNCC(=O)c1cc2c(cc1O)OCO2. The maximum Gasteiger partial charge on any atom is 0.231 e. The summed E-state index contributed by atoms with van der Waals surface area (Å²) in [5.74, 6) is 0.688. The van der Waals surface area contributed by atoms with E-state index in [0.717, 1.165) is 0 Å². The standard InChI is InChI=1S/C10H11NO4/c1-11-4-8(13)6-2-9-10(3-7(6)12)15-5-14-9/h2-3,11-12H,4-5H2,1H3. The van der Waals surface area contributed by atoms with Gasteiger partial charge in [0.15, 0.2) is 17.3 Å². The lowest BCUT2D eigenvalue weighted by Crippen LogP contribution is -2.18. The van der Waals surface area contributed by atoms with Crippen LogP contribution in [-0.4, -0.2) is 31.3 Å². The van der Waals surface area contributed by atoms with Crippen LogP contribution >= 0.6 is 0 Å². The summed E-state index contributed by atoms with van der Waals surface area (Å²) < 4.78 is 10.2. The van der Waals surface area contributed by atoms with Gasteiger partial charge in [0.25, 0.3) is 0 Å². The van der Waals surface area contributed by atoms with Crippen LogP contribution in [0.5, 0.6) is 17.2 Å². The molecule has 1 aromatic carbocycles. The fourth-order valence-electron chi connectivity index (χ4n) is 1.41. The number of likely N-dealkylation sites (N-methyl/N-ethyl adjacent to an activating group) is 1. The van der Waals surface area contributed by atoms with Crippen molar-refractivity contribution in [3.8, 4) is 17.2 Å². The number of benzene rings is 1. The number of carbonyl (C=O) groups is 1. The number of aromatic hydroxyl groups is 1. The third-order valence-electron chi connectivity index (χ3n) is 2.13. The highest BCUT2D eigenvalue weighted by Gasteiger charge is 2.19. The molecule has 0 radical (unpaired) electrons. The molecule has 0 spiro atoms. The number of ketones is 1. The summed E-state index contributed by atoms with van der Waals surface area (Å²) in [6.07, 6.45) is 0. The van der Waals surface area contributed by atoms with Gasteiger partial charge >= 0.3 is 0 Å². The lowest BCUT2D eigenvalue weighted by Gasteiger charge is -2.04. The minimum absolute atomic E-state index is 0.0838. The molecular formula is C10H11NO4. The molecule has 0 aromatic heterocycles. The van der Waals surface area contributed by atoms with Crippen molar-refractivity contribution in [2.75, 3.05) is 20.4 Å². The number of nitrogens with one attached hydrogen (secondary N) is 1. The van der Waals surface area contributed by atoms with Crippen LogP contribution in [0.1, 0.15) is 10.4 Å². The Labute approximate surface area is 86.6 Å². The normalized spacial score (nSPS) is 12.9. The van der Waals surface area contributed by atoms with Crippen molar-refractivity contribution in [3.05, 3.63) is 17.7 Å². The molecule has 1 heterocycles. The Balaban J connectivity index is 2.36. The van der Waals surface area contributed by atoms with E-state index in [1.807, 2.05) is 0 Å². The van der Waals surface area contributed by atoms with Gasteiger partial charge in [-0.1, -0.05) is 0 Å². The molecule has 2 rings (SSSR count). The first kappa shape index (κ1) is 9.79. The van der Waals surface area contributed by atoms with E-state index in [1.165, 1.54) is 12.1 Å². The van der Waals surface area contributed by atoms with Crippen LogP contribution in [0, 0.1) is 0 Å². The molecular weight excluding hydrogens is 198 g/mol. The predicted molar refractivity (Wildman–Crippen MR) is 52.5 cm³/mol. The van der Waals surface area contributed by atoms with Crippen LogP contribution in [-0.2, 0) is 0 Å². The molecule has 5 heteroatoms. The molecule has 1 aliphatic heterocycles. The Morgan fingerprint density at radius 3 is 2.80 bits per heavy atom. The van der Waals surface area contributed by atoms with E-state index < -0.39 is 0 Å². The van der Waals surface area contributed by atoms with Gasteiger partial charge in [0, 0.05) is 6.07 Å². The summed E-state index contributed by atoms with van der Waals surface area (Å²) in [7, 11) is 1.67. The number of phenols is 1. The maximum absolute atomic E-state index is 11.5. The van der Waals surface area contributed by atoms with Gasteiger partial charge in [-0.3, -0.25) is 4.79 Å². The summed E-state index contributed by atoms with van der Waals surface area (Å²) in [6.45, 7) is 0.297. The average Bonchev–Trinajstić information content (AvgIpc) is 2.63. The van der Waals surface area contributed by atoms with Crippen molar-refractivity contribution in [2.45, 2.75) is 0 Å². The van der Waals surface area contributed by atoms with E-state index in [9.17, 15) is 9.90 Å². The minimum atomic E-state index is -0.187. The summed E-state index contributed by atoms with van der Waals surface area (Å²) in [4.78, 5) is 11.5. The first-order valence-electron chi connectivity index (χ1n) is 4.53. The molecule has 0 fully saturated rings. The van der Waals surface area contributed by atoms with E-state index in [4.69, 9.17) is 9.47 Å². The highest BCUT2D eigenvalue weighted by Crippen LogP contribution is 2.37. The monoisotopic (exact) mass is 209 g/mol. The predicted octanol–water partition coefficient (Wildman–Crippen LogP) is 0.523. The van der Waals surface area contributed by atoms with E-state index in [-0.39, 0.29) is 30.4 Å². The first-order chi connectivity index (χ1) is 7.22. The van der Waals surface area contributed by atoms with Crippen LogP contribution < -0.4 is 14.8 Å². The fourth-order valence-corrected chi connectivity index (χ4v) is 1.41. The van der Waals surface area contributed by atoms with E-state index in [1.54, 1.807) is 7.05 Å². The summed E-state index contributed by atoms with van der Waals surface area (Å²) in [5, 5.41) is 12.3. The lowest BCUT2D eigenvalue weighted by atomic mass is 10.1. The quantitative estimate of drug-likeness (QED) is 0.710. The maximum atomic E-state index is 11.5. The van der Waals surface area contributed by atoms with Crippen molar-refractivity contribution in [1.82, 2.24) is 5.32 Å². The second-order valence-corrected chi connectivity index (χ2v) is 3.18.